The van der Waals surface area contributed by atoms with Crippen molar-refractivity contribution in [2.24, 2.45) is 5.41 Å². The highest BCUT2D eigenvalue weighted by Crippen LogP contribution is 2.31. The molecule has 0 unspecified atom stereocenters. The van der Waals surface area contributed by atoms with Crippen LogP contribution in [0.15, 0.2) is 65.8 Å². The van der Waals surface area contributed by atoms with E-state index in [-0.39, 0.29) is 52.7 Å². The van der Waals surface area contributed by atoms with Gasteiger partial charge in [0.1, 0.15) is 6.61 Å². The third kappa shape index (κ3) is 7.47. The van der Waals surface area contributed by atoms with Gasteiger partial charge in [0.25, 0.3) is 15.9 Å². The molecule has 0 saturated heterocycles. The molecule has 1 amide bonds. The number of nitrogens with one attached hydrogen (secondary N) is 1. The number of rotatable bonds is 5. The molecule has 1 aliphatic heterocycles. The second-order valence-electron chi connectivity index (χ2n) is 13.1. The molecule has 4 bridgehead atoms. The van der Waals surface area contributed by atoms with Gasteiger partial charge in [-0.15, -0.1) is 0 Å². The van der Waals surface area contributed by atoms with Crippen molar-refractivity contribution < 1.29 is 17.9 Å². The molecule has 45 heavy (non-hydrogen) atoms. The molecule has 0 fully saturated rings. The Morgan fingerprint density at radius 3 is 2.40 bits per heavy atom. The van der Waals surface area contributed by atoms with E-state index in [4.69, 9.17) is 9.72 Å². The van der Waals surface area contributed by atoms with E-state index in [1.54, 1.807) is 35.5 Å². The Morgan fingerprint density at radius 2 is 1.71 bits per heavy atom. The number of sulfonamides is 1. The first kappa shape index (κ1) is 32.0. The largest absolute Gasteiger partial charge is 0.475 e. The lowest BCUT2D eigenvalue weighted by Gasteiger charge is -2.35. The second-order valence-corrected chi connectivity index (χ2v) is 14.8. The average Bonchev–Trinajstić information content (AvgIpc) is 2.97. The zero-order valence-electron chi connectivity index (χ0n) is 26.8. The summed E-state index contributed by atoms with van der Waals surface area (Å²) in [5.41, 5.74) is 4.84. The van der Waals surface area contributed by atoms with E-state index in [0.29, 0.717) is 17.8 Å². The molecule has 11 heteroatoms. The Hall–Kier alpha value is -4.38. The molecule has 0 aliphatic carbocycles. The maximum absolute atomic E-state index is 14.3. The van der Waals surface area contributed by atoms with E-state index in [1.807, 2.05) is 45.9 Å². The Morgan fingerprint density at radius 1 is 1.00 bits per heavy atom. The summed E-state index contributed by atoms with van der Waals surface area (Å²) in [6, 6.07) is 13.2. The topological polar surface area (TPSA) is 127 Å². The van der Waals surface area contributed by atoms with Crippen LogP contribution in [-0.2, 0) is 16.6 Å². The standard InChI is InChI=1S/C34H40N6O4S/c1-21(2)29-18-35-17-25(36-29)19-40-26(16-34(5,6)7)20-44-30-15-28(31-22(3)10-8-11-23(31)4)37-33(38-30)39-45(42,43)27-13-9-12-24(14-27)32(40)41/h8-15,17-18,21,26H,16,19-20H2,1-7H3,(H,37,38,39)/t26-/m1/s1. The molecule has 1 N–H and O–H groups in total. The highest BCUT2D eigenvalue weighted by atomic mass is 32.2. The van der Waals surface area contributed by atoms with Crippen molar-refractivity contribution in [2.45, 2.75) is 78.3 Å². The first-order chi connectivity index (χ1) is 21.2. The molecule has 5 rings (SSSR count). The number of ether oxygens (including phenoxy) is 1. The summed E-state index contributed by atoms with van der Waals surface area (Å²) >= 11 is 0. The summed E-state index contributed by atoms with van der Waals surface area (Å²) in [5.74, 6) is -0.107. The summed E-state index contributed by atoms with van der Waals surface area (Å²) in [7, 11) is -4.16. The predicted molar refractivity (Wildman–Crippen MR) is 174 cm³/mol. The van der Waals surface area contributed by atoms with Gasteiger partial charge in [0.2, 0.25) is 11.8 Å². The Balaban J connectivity index is 1.68. The fourth-order valence-corrected chi connectivity index (χ4v) is 6.49. The summed E-state index contributed by atoms with van der Waals surface area (Å²) in [4.78, 5) is 34.2. The van der Waals surface area contributed by atoms with Crippen LogP contribution in [0.1, 0.15) is 79.8 Å². The van der Waals surface area contributed by atoms with E-state index in [1.165, 1.54) is 12.1 Å². The van der Waals surface area contributed by atoms with Gasteiger partial charge in [0, 0.05) is 23.4 Å². The number of aryl methyl sites for hydroxylation is 2. The van der Waals surface area contributed by atoms with Crippen LogP contribution in [0.4, 0.5) is 5.95 Å². The minimum atomic E-state index is -4.16. The smallest absolute Gasteiger partial charge is 0.264 e. The van der Waals surface area contributed by atoms with E-state index in [2.05, 4.69) is 40.4 Å². The van der Waals surface area contributed by atoms with Crippen molar-refractivity contribution in [3.05, 3.63) is 89.0 Å². The lowest BCUT2D eigenvalue weighted by molar-refractivity contribution is 0.0509. The molecule has 3 heterocycles. The Labute approximate surface area is 265 Å². The fourth-order valence-electron chi connectivity index (χ4n) is 5.50. The van der Waals surface area contributed by atoms with Gasteiger partial charge in [-0.1, -0.05) is 58.9 Å². The molecule has 236 valence electrons. The van der Waals surface area contributed by atoms with Gasteiger partial charge in [-0.3, -0.25) is 14.8 Å². The number of hydrogen-bond acceptors (Lipinski definition) is 8. The zero-order valence-corrected chi connectivity index (χ0v) is 27.6. The summed E-state index contributed by atoms with van der Waals surface area (Å²) in [6.07, 6.45) is 3.98. The van der Waals surface area contributed by atoms with Crippen LogP contribution < -0.4 is 9.46 Å². The number of hydrogen-bond donors (Lipinski definition) is 1. The number of anilines is 1. The average molecular weight is 629 g/mol. The number of fused-ring (bicyclic) bond motifs is 4. The predicted octanol–water partition coefficient (Wildman–Crippen LogP) is 6.31. The van der Waals surface area contributed by atoms with Crippen molar-refractivity contribution in [1.82, 2.24) is 24.8 Å². The number of carbonyl (C=O) groups is 1. The van der Waals surface area contributed by atoms with Gasteiger partial charge >= 0.3 is 0 Å². The molecule has 2 aromatic carbocycles. The fraction of sp³-hybridized carbons (Fsp3) is 0.382. The van der Waals surface area contributed by atoms with E-state index >= 15 is 0 Å². The lowest BCUT2D eigenvalue weighted by atomic mass is 9.87. The molecular formula is C34H40N6O4S. The van der Waals surface area contributed by atoms with Crippen LogP contribution in [0, 0.1) is 19.3 Å². The van der Waals surface area contributed by atoms with Crippen molar-refractivity contribution in [3.63, 3.8) is 0 Å². The minimum absolute atomic E-state index is 0.0786. The molecule has 0 saturated carbocycles. The molecule has 1 atom stereocenters. The first-order valence-corrected chi connectivity index (χ1v) is 16.5. The van der Waals surface area contributed by atoms with Gasteiger partial charge in [-0.2, -0.15) is 4.98 Å². The summed E-state index contributed by atoms with van der Waals surface area (Å²) in [5, 5.41) is 0. The summed E-state index contributed by atoms with van der Waals surface area (Å²) in [6.45, 7) is 14.6. The van der Waals surface area contributed by atoms with Gasteiger partial charge < -0.3 is 9.64 Å². The van der Waals surface area contributed by atoms with Crippen LogP contribution in [0.2, 0.25) is 0 Å². The molecule has 4 aromatic rings. The molecule has 2 aromatic heterocycles. The zero-order chi connectivity index (χ0) is 32.5. The van der Waals surface area contributed by atoms with Crippen LogP contribution in [0.5, 0.6) is 5.88 Å². The van der Waals surface area contributed by atoms with E-state index < -0.39 is 16.1 Å². The van der Waals surface area contributed by atoms with Crippen LogP contribution >= 0.6 is 0 Å². The SMILES string of the molecule is Cc1cccc(C)c1-c1cc2nc(n1)NS(=O)(=O)c1cccc(c1)C(=O)N(Cc1cncc(C(C)C)n1)[C@H](CC(C)(C)C)CO2. The van der Waals surface area contributed by atoms with Gasteiger partial charge in [-0.05, 0) is 60.9 Å². The molecule has 0 radical (unpaired) electrons. The maximum Gasteiger partial charge on any atom is 0.264 e. The van der Waals surface area contributed by atoms with Crippen molar-refractivity contribution >= 4 is 21.9 Å². The van der Waals surface area contributed by atoms with E-state index in [9.17, 15) is 13.2 Å². The molecule has 0 spiro atoms. The lowest BCUT2D eigenvalue weighted by Crippen LogP contribution is -2.45. The third-order valence-corrected chi connectivity index (χ3v) is 8.98. The molecular weight excluding hydrogens is 588 g/mol. The second kappa shape index (κ2) is 12.5. The highest BCUT2D eigenvalue weighted by molar-refractivity contribution is 7.92. The minimum Gasteiger partial charge on any atom is -0.475 e. The normalized spacial score (nSPS) is 16.7. The number of benzene rings is 2. The van der Waals surface area contributed by atoms with Crippen LogP contribution in [0.3, 0.4) is 0 Å². The third-order valence-electron chi connectivity index (χ3n) is 7.66. The van der Waals surface area contributed by atoms with E-state index in [0.717, 1.165) is 22.4 Å². The first-order valence-electron chi connectivity index (χ1n) is 15.0. The number of aromatic nitrogens is 4. The van der Waals surface area contributed by atoms with Gasteiger partial charge in [0.05, 0.1) is 40.8 Å². The van der Waals surface area contributed by atoms with Gasteiger partial charge in [0.15, 0.2) is 0 Å². The number of carbonyl (C=O) groups excluding carboxylic acids is 1. The van der Waals surface area contributed by atoms with Crippen LogP contribution in [0.25, 0.3) is 11.3 Å². The maximum atomic E-state index is 14.3. The highest BCUT2D eigenvalue weighted by Gasteiger charge is 2.32. The molecule has 1 aliphatic rings. The Bertz CT molecular complexity index is 1810. The van der Waals surface area contributed by atoms with Crippen LogP contribution in [-0.4, -0.2) is 51.8 Å². The monoisotopic (exact) mass is 628 g/mol. The van der Waals surface area contributed by atoms with Gasteiger partial charge in [-0.25, -0.2) is 18.1 Å². The van der Waals surface area contributed by atoms with Crippen molar-refractivity contribution in [3.8, 4) is 17.1 Å². The van der Waals surface area contributed by atoms with Crippen molar-refractivity contribution in [1.29, 1.82) is 0 Å². The van der Waals surface area contributed by atoms with Crippen molar-refractivity contribution in [2.75, 3.05) is 11.3 Å². The Kier molecular flexibility index (Phi) is 8.93. The summed E-state index contributed by atoms with van der Waals surface area (Å²) < 4.78 is 36.1. The number of amides is 1. The number of nitrogens with zero attached hydrogens (tertiary/aromatic N) is 5. The quantitative estimate of drug-likeness (QED) is 0.272. The molecule has 10 nitrogen and oxygen atoms in total.